The summed E-state index contributed by atoms with van der Waals surface area (Å²) in [6, 6.07) is 2.90. The number of anilines is 1. The van der Waals surface area contributed by atoms with E-state index in [1.807, 2.05) is 0 Å². The van der Waals surface area contributed by atoms with Crippen LogP contribution < -0.4 is 11.1 Å². The molecule has 1 aliphatic carbocycles. The van der Waals surface area contributed by atoms with Crippen LogP contribution in [0.15, 0.2) is 12.1 Å². The molecule has 16 heavy (non-hydrogen) atoms. The SMILES string of the molecule is Cc1cc(F)c(C(=O)NC2CC2)cc1N.[Fe]. The van der Waals surface area contributed by atoms with Crippen molar-refractivity contribution in [1.82, 2.24) is 5.32 Å². The summed E-state index contributed by atoms with van der Waals surface area (Å²) in [5.41, 5.74) is 6.75. The number of nitrogens with two attached hydrogens (primary N) is 1. The summed E-state index contributed by atoms with van der Waals surface area (Å²) in [4.78, 5) is 11.6. The second-order valence-corrected chi connectivity index (χ2v) is 3.94. The molecule has 5 heteroatoms. The molecule has 3 N–H and O–H groups in total. The number of amides is 1. The number of carbonyl (C=O) groups excluding carboxylic acids is 1. The molecule has 0 bridgehead atoms. The number of carbonyl (C=O) groups is 1. The molecule has 0 saturated heterocycles. The van der Waals surface area contributed by atoms with Gasteiger partial charge in [0.25, 0.3) is 5.91 Å². The topological polar surface area (TPSA) is 55.1 Å². The van der Waals surface area contributed by atoms with Crippen molar-refractivity contribution < 1.29 is 26.3 Å². The van der Waals surface area contributed by atoms with E-state index in [9.17, 15) is 9.18 Å². The van der Waals surface area contributed by atoms with Crippen molar-refractivity contribution in [2.45, 2.75) is 25.8 Å². The van der Waals surface area contributed by atoms with E-state index in [-0.39, 0.29) is 34.6 Å². The van der Waals surface area contributed by atoms with Gasteiger partial charge in [-0.1, -0.05) is 0 Å². The Bertz CT molecular complexity index is 419. The van der Waals surface area contributed by atoms with Crippen LogP contribution >= 0.6 is 0 Å². The molecule has 0 aliphatic heterocycles. The van der Waals surface area contributed by atoms with Crippen LogP contribution in [-0.4, -0.2) is 11.9 Å². The van der Waals surface area contributed by atoms with Gasteiger partial charge in [-0.25, -0.2) is 4.39 Å². The van der Waals surface area contributed by atoms with Crippen LogP contribution in [0.5, 0.6) is 0 Å². The van der Waals surface area contributed by atoms with Crippen LogP contribution in [-0.2, 0) is 17.1 Å². The molecule has 0 unspecified atom stereocenters. The Morgan fingerprint density at radius 1 is 1.50 bits per heavy atom. The minimum atomic E-state index is -0.514. The van der Waals surface area contributed by atoms with Crippen LogP contribution in [0.4, 0.5) is 10.1 Å². The van der Waals surface area contributed by atoms with E-state index in [4.69, 9.17) is 5.73 Å². The Morgan fingerprint density at radius 2 is 2.12 bits per heavy atom. The van der Waals surface area contributed by atoms with Gasteiger partial charge in [0.1, 0.15) is 5.82 Å². The Kier molecular flexibility index (Phi) is 3.94. The van der Waals surface area contributed by atoms with Crippen LogP contribution in [0.25, 0.3) is 0 Å². The van der Waals surface area contributed by atoms with E-state index in [1.165, 1.54) is 12.1 Å². The van der Waals surface area contributed by atoms with E-state index in [1.54, 1.807) is 6.92 Å². The van der Waals surface area contributed by atoms with E-state index in [2.05, 4.69) is 5.32 Å². The summed E-state index contributed by atoms with van der Waals surface area (Å²) in [6.07, 6.45) is 1.96. The van der Waals surface area contributed by atoms with Crippen molar-refractivity contribution in [1.29, 1.82) is 0 Å². The van der Waals surface area contributed by atoms with Gasteiger partial charge in [-0.05, 0) is 37.5 Å². The van der Waals surface area contributed by atoms with Gasteiger partial charge >= 0.3 is 0 Å². The summed E-state index contributed by atoms with van der Waals surface area (Å²) < 4.78 is 13.4. The van der Waals surface area contributed by atoms with Crippen LogP contribution in [0, 0.1) is 12.7 Å². The molecule has 0 heterocycles. The fraction of sp³-hybridized carbons (Fsp3) is 0.364. The van der Waals surface area contributed by atoms with Crippen molar-refractivity contribution in [3.63, 3.8) is 0 Å². The molecule has 88 valence electrons. The quantitative estimate of drug-likeness (QED) is 0.629. The Balaban J connectivity index is 0.00000128. The first-order valence-corrected chi connectivity index (χ1v) is 4.94. The average Bonchev–Trinajstić information content (AvgIpc) is 2.95. The first kappa shape index (κ1) is 13.0. The zero-order valence-electron chi connectivity index (χ0n) is 8.86. The number of nitrogen functional groups attached to an aromatic ring is 1. The van der Waals surface area contributed by atoms with E-state index < -0.39 is 5.82 Å². The first-order chi connectivity index (χ1) is 7.08. The number of aryl methyl sites for hydroxylation is 1. The predicted octanol–water partition coefficient (Wildman–Crippen LogP) is 1.61. The normalized spacial score (nSPS) is 14.1. The minimum Gasteiger partial charge on any atom is -0.398 e. The Hall–Kier alpha value is -1.06. The van der Waals surface area contributed by atoms with Gasteiger partial charge in [-0.15, -0.1) is 0 Å². The van der Waals surface area contributed by atoms with Crippen molar-refractivity contribution >= 4 is 11.6 Å². The van der Waals surface area contributed by atoms with Crippen molar-refractivity contribution in [3.8, 4) is 0 Å². The van der Waals surface area contributed by atoms with Gasteiger partial charge in [0.2, 0.25) is 0 Å². The number of hydrogen-bond acceptors (Lipinski definition) is 2. The molecule has 1 amide bonds. The zero-order chi connectivity index (χ0) is 11.0. The molecule has 3 nitrogen and oxygen atoms in total. The zero-order valence-corrected chi connectivity index (χ0v) is 9.97. The molecule has 1 saturated carbocycles. The Labute approximate surface area is 104 Å². The van der Waals surface area contributed by atoms with Crippen molar-refractivity contribution in [3.05, 3.63) is 29.1 Å². The van der Waals surface area contributed by atoms with E-state index in [0.29, 0.717) is 11.3 Å². The molecule has 0 radical (unpaired) electrons. The third kappa shape index (κ3) is 2.74. The number of benzene rings is 1. The largest absolute Gasteiger partial charge is 0.398 e. The van der Waals surface area contributed by atoms with Crippen molar-refractivity contribution in [2.24, 2.45) is 0 Å². The second kappa shape index (κ2) is 4.85. The maximum absolute atomic E-state index is 13.4. The van der Waals surface area contributed by atoms with E-state index in [0.717, 1.165) is 12.8 Å². The van der Waals surface area contributed by atoms with Gasteiger partial charge in [0, 0.05) is 28.8 Å². The van der Waals surface area contributed by atoms with Crippen LogP contribution in [0.3, 0.4) is 0 Å². The molecule has 1 aromatic carbocycles. The van der Waals surface area contributed by atoms with Crippen LogP contribution in [0.2, 0.25) is 0 Å². The molecule has 2 rings (SSSR count). The molecule has 0 atom stereocenters. The molecular weight excluding hydrogens is 251 g/mol. The number of rotatable bonds is 2. The second-order valence-electron chi connectivity index (χ2n) is 3.94. The maximum Gasteiger partial charge on any atom is 0.254 e. The first-order valence-electron chi connectivity index (χ1n) is 4.94. The van der Waals surface area contributed by atoms with Gasteiger partial charge in [-0.3, -0.25) is 4.79 Å². The minimum absolute atomic E-state index is 0. The summed E-state index contributed by atoms with van der Waals surface area (Å²) >= 11 is 0. The number of hydrogen-bond donors (Lipinski definition) is 2. The van der Waals surface area contributed by atoms with Gasteiger partial charge in [0.05, 0.1) is 5.56 Å². The fourth-order valence-corrected chi connectivity index (χ4v) is 1.35. The molecular formula is C11H13FFeN2O. The smallest absolute Gasteiger partial charge is 0.254 e. The average molecular weight is 264 g/mol. The summed E-state index contributed by atoms with van der Waals surface area (Å²) in [5.74, 6) is -0.887. The van der Waals surface area contributed by atoms with Gasteiger partial charge in [0.15, 0.2) is 0 Å². The standard InChI is InChI=1S/C11H13FN2O.Fe/c1-6-4-9(12)8(5-10(6)13)11(15)14-7-2-3-7;/h4-5,7H,2-3,13H2,1H3,(H,14,15);. The summed E-state index contributed by atoms with van der Waals surface area (Å²) in [7, 11) is 0. The van der Waals surface area contributed by atoms with E-state index >= 15 is 0 Å². The van der Waals surface area contributed by atoms with Gasteiger partial charge < -0.3 is 11.1 Å². The summed E-state index contributed by atoms with van der Waals surface area (Å²) in [6.45, 7) is 1.71. The van der Waals surface area contributed by atoms with Crippen LogP contribution in [0.1, 0.15) is 28.8 Å². The third-order valence-electron chi connectivity index (χ3n) is 2.51. The maximum atomic E-state index is 13.4. The number of nitrogens with one attached hydrogen (secondary N) is 1. The molecule has 0 aromatic heterocycles. The Morgan fingerprint density at radius 3 is 2.69 bits per heavy atom. The third-order valence-corrected chi connectivity index (χ3v) is 2.51. The van der Waals surface area contributed by atoms with Crippen molar-refractivity contribution in [2.75, 3.05) is 5.73 Å². The molecule has 1 aromatic rings. The summed E-state index contributed by atoms with van der Waals surface area (Å²) in [5, 5.41) is 2.72. The molecule has 1 fully saturated rings. The number of halogens is 1. The van der Waals surface area contributed by atoms with Gasteiger partial charge in [-0.2, -0.15) is 0 Å². The molecule has 0 spiro atoms. The fourth-order valence-electron chi connectivity index (χ4n) is 1.35. The monoisotopic (exact) mass is 264 g/mol. The molecule has 1 aliphatic rings. The predicted molar refractivity (Wildman–Crippen MR) is 56.0 cm³/mol.